The van der Waals surface area contributed by atoms with Gasteiger partial charge in [-0.25, -0.2) is 9.98 Å². The minimum Gasteiger partial charge on any atom is -0.357 e. The van der Waals surface area contributed by atoms with Gasteiger partial charge in [0.05, 0.1) is 6.54 Å². The second-order valence-electron chi connectivity index (χ2n) is 5.73. The Morgan fingerprint density at radius 2 is 2.14 bits per heavy atom. The van der Waals surface area contributed by atoms with E-state index in [4.69, 9.17) is 0 Å². The van der Waals surface area contributed by atoms with Crippen molar-refractivity contribution >= 4 is 11.9 Å². The minimum absolute atomic E-state index is 0.00640. The van der Waals surface area contributed by atoms with Crippen molar-refractivity contribution in [2.45, 2.75) is 33.9 Å². The van der Waals surface area contributed by atoms with Crippen molar-refractivity contribution in [1.82, 2.24) is 25.1 Å². The van der Waals surface area contributed by atoms with Crippen molar-refractivity contribution < 1.29 is 4.79 Å². The molecule has 0 saturated heterocycles. The smallest absolute Gasteiger partial charge is 0.241 e. The van der Waals surface area contributed by atoms with Gasteiger partial charge in [0.15, 0.2) is 5.96 Å². The fourth-order valence-electron chi connectivity index (χ4n) is 1.86. The summed E-state index contributed by atoms with van der Waals surface area (Å²) in [4.78, 5) is 22.0. The van der Waals surface area contributed by atoms with Gasteiger partial charge in [0, 0.05) is 39.6 Å². The monoisotopic (exact) mass is 308 g/mol. The molecular weight excluding hydrogens is 280 g/mol. The zero-order valence-corrected chi connectivity index (χ0v) is 14.3. The number of rotatable bonds is 7. The van der Waals surface area contributed by atoms with E-state index in [0.29, 0.717) is 18.4 Å². The Morgan fingerprint density at radius 1 is 1.41 bits per heavy atom. The minimum atomic E-state index is 0.00640. The van der Waals surface area contributed by atoms with Gasteiger partial charge in [-0.1, -0.05) is 13.8 Å². The van der Waals surface area contributed by atoms with Crippen LogP contribution in [0.4, 0.5) is 0 Å². The molecule has 0 aliphatic heterocycles. The predicted octanol–water partition coefficient (Wildman–Crippen LogP) is 0.682. The molecule has 0 bridgehead atoms. The number of carbonyl (C=O) groups excluding carboxylic acids is 1. The summed E-state index contributed by atoms with van der Waals surface area (Å²) in [7, 11) is 3.47. The fourth-order valence-corrected chi connectivity index (χ4v) is 1.86. The van der Waals surface area contributed by atoms with Gasteiger partial charge < -0.3 is 20.1 Å². The first-order valence-electron chi connectivity index (χ1n) is 7.66. The fraction of sp³-hybridized carbons (Fsp3) is 0.667. The van der Waals surface area contributed by atoms with Crippen LogP contribution in [-0.4, -0.2) is 53.5 Å². The summed E-state index contributed by atoms with van der Waals surface area (Å²) >= 11 is 0. The van der Waals surface area contributed by atoms with Gasteiger partial charge in [0.2, 0.25) is 5.91 Å². The molecule has 0 fully saturated rings. The lowest BCUT2D eigenvalue weighted by Crippen LogP contribution is -2.42. The molecule has 0 aliphatic carbocycles. The SMILES string of the molecule is CCNC(=NCc1nccn1CC(C)C)NCC(=O)N(C)C. The second kappa shape index (κ2) is 9.07. The van der Waals surface area contributed by atoms with E-state index >= 15 is 0 Å². The molecule has 0 aromatic carbocycles. The summed E-state index contributed by atoms with van der Waals surface area (Å²) in [5.74, 6) is 2.11. The van der Waals surface area contributed by atoms with Crippen molar-refractivity contribution in [3.05, 3.63) is 18.2 Å². The van der Waals surface area contributed by atoms with Gasteiger partial charge in [0.1, 0.15) is 12.4 Å². The molecule has 0 saturated carbocycles. The third-order valence-corrected chi connectivity index (χ3v) is 2.99. The van der Waals surface area contributed by atoms with Crippen LogP contribution in [0.5, 0.6) is 0 Å². The highest BCUT2D eigenvalue weighted by atomic mass is 16.2. The lowest BCUT2D eigenvalue weighted by molar-refractivity contribution is -0.127. The Morgan fingerprint density at radius 3 is 2.73 bits per heavy atom. The number of imidazole rings is 1. The Balaban J connectivity index is 2.65. The quantitative estimate of drug-likeness (QED) is 0.574. The van der Waals surface area contributed by atoms with Crippen LogP contribution < -0.4 is 10.6 Å². The van der Waals surface area contributed by atoms with E-state index in [-0.39, 0.29) is 12.5 Å². The van der Waals surface area contributed by atoms with Gasteiger partial charge in [0.25, 0.3) is 0 Å². The number of nitrogens with one attached hydrogen (secondary N) is 2. The molecule has 7 nitrogen and oxygen atoms in total. The standard InChI is InChI=1S/C15H28N6O/c1-6-16-15(19-10-14(22)20(4)5)18-9-13-17-7-8-21(13)11-12(2)3/h7-8,12H,6,9-11H2,1-5H3,(H2,16,18,19). The van der Waals surface area contributed by atoms with Crippen molar-refractivity contribution in [2.75, 3.05) is 27.2 Å². The van der Waals surface area contributed by atoms with Crippen LogP contribution in [0, 0.1) is 5.92 Å². The zero-order valence-electron chi connectivity index (χ0n) is 14.3. The number of hydrogen-bond acceptors (Lipinski definition) is 3. The molecule has 22 heavy (non-hydrogen) atoms. The highest BCUT2D eigenvalue weighted by molar-refractivity contribution is 5.86. The number of carbonyl (C=O) groups is 1. The van der Waals surface area contributed by atoms with Crippen LogP contribution in [0.15, 0.2) is 17.4 Å². The number of hydrogen-bond donors (Lipinski definition) is 2. The molecule has 0 spiro atoms. The van der Waals surface area contributed by atoms with Crippen LogP contribution in [-0.2, 0) is 17.9 Å². The third kappa shape index (κ3) is 6.15. The molecule has 0 aliphatic rings. The maximum atomic E-state index is 11.6. The van der Waals surface area contributed by atoms with E-state index in [1.54, 1.807) is 25.2 Å². The number of aromatic nitrogens is 2. The van der Waals surface area contributed by atoms with Gasteiger partial charge in [-0.15, -0.1) is 0 Å². The number of amides is 1. The summed E-state index contributed by atoms with van der Waals surface area (Å²) in [6, 6.07) is 0. The van der Waals surface area contributed by atoms with E-state index in [9.17, 15) is 4.79 Å². The molecule has 1 heterocycles. The number of likely N-dealkylation sites (N-methyl/N-ethyl adjacent to an activating group) is 1. The molecule has 2 N–H and O–H groups in total. The highest BCUT2D eigenvalue weighted by Crippen LogP contribution is 2.04. The van der Waals surface area contributed by atoms with Gasteiger partial charge in [-0.2, -0.15) is 0 Å². The Hall–Kier alpha value is -2.05. The van der Waals surface area contributed by atoms with Crippen molar-refractivity contribution in [1.29, 1.82) is 0 Å². The summed E-state index contributed by atoms with van der Waals surface area (Å²) in [6.45, 7) is 8.70. The maximum Gasteiger partial charge on any atom is 0.241 e. The van der Waals surface area contributed by atoms with Gasteiger partial charge >= 0.3 is 0 Å². The van der Waals surface area contributed by atoms with E-state index in [0.717, 1.165) is 18.9 Å². The second-order valence-corrected chi connectivity index (χ2v) is 5.73. The van der Waals surface area contributed by atoms with Crippen molar-refractivity contribution in [2.24, 2.45) is 10.9 Å². The average molecular weight is 308 g/mol. The molecule has 1 aromatic heterocycles. The summed E-state index contributed by atoms with van der Waals surface area (Å²) in [5.41, 5.74) is 0. The van der Waals surface area contributed by atoms with Gasteiger partial charge in [-0.05, 0) is 12.8 Å². The number of guanidine groups is 1. The number of aliphatic imine (C=N–C) groups is 1. The molecule has 0 radical (unpaired) electrons. The molecule has 1 aromatic rings. The third-order valence-electron chi connectivity index (χ3n) is 2.99. The Bertz CT molecular complexity index is 492. The molecule has 124 valence electrons. The normalized spacial score (nSPS) is 11.6. The summed E-state index contributed by atoms with van der Waals surface area (Å²) in [5, 5.41) is 6.17. The summed E-state index contributed by atoms with van der Waals surface area (Å²) < 4.78 is 2.11. The lowest BCUT2D eigenvalue weighted by atomic mass is 10.2. The zero-order chi connectivity index (χ0) is 16.5. The van der Waals surface area contributed by atoms with Gasteiger partial charge in [-0.3, -0.25) is 4.79 Å². The Labute approximate surface area is 132 Å². The van der Waals surface area contributed by atoms with Crippen LogP contribution in [0.2, 0.25) is 0 Å². The largest absolute Gasteiger partial charge is 0.357 e. The molecule has 7 heteroatoms. The Kier molecular flexibility index (Phi) is 7.42. The highest BCUT2D eigenvalue weighted by Gasteiger charge is 2.07. The van der Waals surface area contributed by atoms with E-state index in [2.05, 4.69) is 39.0 Å². The van der Waals surface area contributed by atoms with Crippen molar-refractivity contribution in [3.63, 3.8) is 0 Å². The molecular formula is C15H28N6O. The first-order valence-corrected chi connectivity index (χ1v) is 7.66. The maximum absolute atomic E-state index is 11.6. The van der Waals surface area contributed by atoms with Crippen LogP contribution in [0.1, 0.15) is 26.6 Å². The van der Waals surface area contributed by atoms with Crippen molar-refractivity contribution in [3.8, 4) is 0 Å². The van der Waals surface area contributed by atoms with Crippen LogP contribution in [0.25, 0.3) is 0 Å². The molecule has 0 unspecified atom stereocenters. The first kappa shape index (κ1) is 18.0. The molecule has 1 amide bonds. The summed E-state index contributed by atoms with van der Waals surface area (Å²) in [6.07, 6.45) is 3.77. The average Bonchev–Trinajstić information content (AvgIpc) is 2.87. The van der Waals surface area contributed by atoms with Crippen LogP contribution in [0.3, 0.4) is 0 Å². The van der Waals surface area contributed by atoms with Crippen LogP contribution >= 0.6 is 0 Å². The van der Waals surface area contributed by atoms with E-state index in [1.165, 1.54) is 0 Å². The number of nitrogens with zero attached hydrogens (tertiary/aromatic N) is 4. The lowest BCUT2D eigenvalue weighted by Gasteiger charge is -2.14. The topological polar surface area (TPSA) is 74.5 Å². The van der Waals surface area contributed by atoms with E-state index < -0.39 is 0 Å². The molecule has 0 atom stereocenters. The predicted molar refractivity (Wildman–Crippen MR) is 88.6 cm³/mol. The van der Waals surface area contributed by atoms with E-state index in [1.807, 2.05) is 13.1 Å². The first-order chi connectivity index (χ1) is 10.4. The molecule has 1 rings (SSSR count).